The summed E-state index contributed by atoms with van der Waals surface area (Å²) in [5.74, 6) is -0.786. The summed E-state index contributed by atoms with van der Waals surface area (Å²) in [6.45, 7) is 8.29. The van der Waals surface area contributed by atoms with Crippen molar-refractivity contribution in [2.75, 3.05) is 18.5 Å². The third-order valence-corrected chi connectivity index (χ3v) is 5.14. The number of aryl methyl sites for hydroxylation is 1. The summed E-state index contributed by atoms with van der Waals surface area (Å²) in [5, 5.41) is 3.28. The van der Waals surface area contributed by atoms with Crippen LogP contribution in [0.15, 0.2) is 24.3 Å². The van der Waals surface area contributed by atoms with Crippen molar-refractivity contribution in [2.45, 2.75) is 34.2 Å². The van der Waals surface area contributed by atoms with Crippen LogP contribution < -0.4 is 5.32 Å². The number of nitrogens with one attached hydrogen (secondary N) is 1. The number of rotatable bonds is 6. The maximum absolute atomic E-state index is 13.4. The van der Waals surface area contributed by atoms with Crippen LogP contribution in [-0.2, 0) is 11.3 Å². The Bertz CT molecular complexity index is 804. The molecule has 0 unspecified atom stereocenters. The molecule has 26 heavy (non-hydrogen) atoms. The van der Waals surface area contributed by atoms with Crippen LogP contribution >= 0.6 is 11.3 Å². The Balaban J connectivity index is 2.19. The molecule has 0 aliphatic heterocycles. The second kappa shape index (κ2) is 8.80. The molecule has 0 fully saturated rings. The summed E-state index contributed by atoms with van der Waals surface area (Å²) in [5.41, 5.74) is 1.90. The van der Waals surface area contributed by atoms with Gasteiger partial charge in [-0.15, -0.1) is 11.3 Å². The second-order valence-corrected chi connectivity index (χ2v) is 7.01. The van der Waals surface area contributed by atoms with Crippen molar-refractivity contribution in [1.29, 1.82) is 0 Å². The lowest BCUT2D eigenvalue weighted by molar-refractivity contribution is 0.0527. The number of esters is 1. The molecule has 140 valence electrons. The first-order valence-corrected chi connectivity index (χ1v) is 9.26. The Morgan fingerprint density at radius 1 is 1.27 bits per heavy atom. The molecule has 0 aliphatic rings. The zero-order valence-electron chi connectivity index (χ0n) is 15.4. The minimum absolute atomic E-state index is 0.265. The van der Waals surface area contributed by atoms with Crippen molar-refractivity contribution in [1.82, 2.24) is 4.90 Å². The Morgan fingerprint density at radius 3 is 2.62 bits per heavy atom. The first-order chi connectivity index (χ1) is 12.4. The monoisotopic (exact) mass is 378 g/mol. The normalized spacial score (nSPS) is 10.5. The van der Waals surface area contributed by atoms with Crippen molar-refractivity contribution < 1.29 is 18.7 Å². The summed E-state index contributed by atoms with van der Waals surface area (Å²) in [6, 6.07) is 5.80. The van der Waals surface area contributed by atoms with Gasteiger partial charge < -0.3 is 9.64 Å². The van der Waals surface area contributed by atoms with Gasteiger partial charge in [-0.3, -0.25) is 5.32 Å². The molecular weight excluding hydrogens is 355 g/mol. The van der Waals surface area contributed by atoms with Gasteiger partial charge >= 0.3 is 12.0 Å². The van der Waals surface area contributed by atoms with Gasteiger partial charge in [0, 0.05) is 18.0 Å². The van der Waals surface area contributed by atoms with Crippen molar-refractivity contribution >= 4 is 28.3 Å². The van der Waals surface area contributed by atoms with Gasteiger partial charge in [0.2, 0.25) is 0 Å². The number of benzene rings is 1. The van der Waals surface area contributed by atoms with Crippen molar-refractivity contribution in [3.05, 3.63) is 51.7 Å². The van der Waals surface area contributed by atoms with Gasteiger partial charge in [0.05, 0.1) is 12.2 Å². The van der Waals surface area contributed by atoms with Crippen LogP contribution in [0, 0.1) is 19.7 Å². The molecule has 2 amide bonds. The van der Waals surface area contributed by atoms with Gasteiger partial charge in [0.15, 0.2) is 0 Å². The Hall–Kier alpha value is -2.41. The van der Waals surface area contributed by atoms with Gasteiger partial charge in [-0.1, -0.05) is 12.1 Å². The molecule has 0 atom stereocenters. The van der Waals surface area contributed by atoms with Crippen molar-refractivity contribution in [2.24, 2.45) is 0 Å². The Kier molecular flexibility index (Phi) is 6.74. The molecule has 5 nitrogen and oxygen atoms in total. The highest BCUT2D eigenvalue weighted by Gasteiger charge is 2.23. The van der Waals surface area contributed by atoms with Crippen molar-refractivity contribution in [3.8, 4) is 0 Å². The van der Waals surface area contributed by atoms with Crippen LogP contribution in [0.4, 0.5) is 14.2 Å². The van der Waals surface area contributed by atoms with Gasteiger partial charge in [-0.2, -0.15) is 0 Å². The number of urea groups is 1. The van der Waals surface area contributed by atoms with Gasteiger partial charge in [0.1, 0.15) is 10.8 Å². The first-order valence-electron chi connectivity index (χ1n) is 8.44. The van der Waals surface area contributed by atoms with E-state index in [-0.39, 0.29) is 25.0 Å². The number of amides is 2. The number of carbonyl (C=O) groups is 2. The molecule has 2 aromatic rings. The minimum atomic E-state index is -0.446. The molecule has 7 heteroatoms. The zero-order valence-corrected chi connectivity index (χ0v) is 16.2. The fourth-order valence-corrected chi connectivity index (χ4v) is 3.56. The summed E-state index contributed by atoms with van der Waals surface area (Å²) in [4.78, 5) is 27.4. The van der Waals surface area contributed by atoms with Crippen LogP contribution in [0.2, 0.25) is 0 Å². The molecule has 1 N–H and O–H groups in total. The summed E-state index contributed by atoms with van der Waals surface area (Å²) >= 11 is 1.34. The van der Waals surface area contributed by atoms with Crippen LogP contribution in [0.3, 0.4) is 0 Å². The predicted molar refractivity (Wildman–Crippen MR) is 101 cm³/mol. The first kappa shape index (κ1) is 19.9. The van der Waals surface area contributed by atoms with Crippen LogP contribution in [0.25, 0.3) is 0 Å². The molecule has 1 heterocycles. The lowest BCUT2D eigenvalue weighted by atomic mass is 10.1. The van der Waals surface area contributed by atoms with E-state index in [0.29, 0.717) is 22.7 Å². The van der Waals surface area contributed by atoms with Crippen LogP contribution in [0.5, 0.6) is 0 Å². The average Bonchev–Trinajstić information content (AvgIpc) is 2.86. The Morgan fingerprint density at radius 2 is 2.00 bits per heavy atom. The van der Waals surface area contributed by atoms with E-state index < -0.39 is 5.97 Å². The van der Waals surface area contributed by atoms with E-state index in [1.807, 2.05) is 20.8 Å². The highest BCUT2D eigenvalue weighted by Crippen LogP contribution is 2.33. The standard InChI is InChI=1S/C19H23FN2O3S/c1-5-22(11-14-8-7-9-15(20)10-14)19(24)21-17-16(18(23)25-6-2)12(3)13(4)26-17/h7-10H,5-6,11H2,1-4H3,(H,21,24). The SMILES string of the molecule is CCOC(=O)c1c(NC(=O)N(CC)Cc2cccc(F)c2)sc(C)c1C. The number of hydrogen-bond acceptors (Lipinski definition) is 4. The number of thiophene rings is 1. The fraction of sp³-hybridized carbons (Fsp3) is 0.368. The highest BCUT2D eigenvalue weighted by molar-refractivity contribution is 7.16. The Labute approximate surface area is 156 Å². The third kappa shape index (κ3) is 4.60. The second-order valence-electron chi connectivity index (χ2n) is 5.78. The fourth-order valence-electron chi connectivity index (χ4n) is 2.52. The summed E-state index contributed by atoms with van der Waals surface area (Å²) < 4.78 is 18.5. The minimum Gasteiger partial charge on any atom is -0.462 e. The molecular formula is C19H23FN2O3S. The molecule has 0 aliphatic carbocycles. The molecule has 2 rings (SSSR count). The predicted octanol–water partition coefficient (Wildman–Crippen LogP) is 4.73. The average molecular weight is 378 g/mol. The number of anilines is 1. The van der Waals surface area contributed by atoms with Crippen molar-refractivity contribution in [3.63, 3.8) is 0 Å². The van der Waals surface area contributed by atoms with Crippen LogP contribution in [-0.4, -0.2) is 30.1 Å². The smallest absolute Gasteiger partial charge is 0.341 e. The number of carbonyl (C=O) groups excluding carboxylic acids is 2. The van der Waals surface area contributed by atoms with E-state index in [2.05, 4.69) is 5.32 Å². The number of hydrogen-bond donors (Lipinski definition) is 1. The van der Waals surface area contributed by atoms with E-state index in [1.165, 1.54) is 23.5 Å². The number of nitrogens with zero attached hydrogens (tertiary/aromatic N) is 1. The lowest BCUT2D eigenvalue weighted by Crippen LogP contribution is -2.34. The van der Waals surface area contributed by atoms with Crippen LogP contribution in [0.1, 0.15) is 40.2 Å². The zero-order chi connectivity index (χ0) is 19.3. The highest BCUT2D eigenvalue weighted by atomic mass is 32.1. The molecule has 0 bridgehead atoms. The molecule has 1 aromatic carbocycles. The van der Waals surface area contributed by atoms with E-state index in [1.54, 1.807) is 24.0 Å². The quantitative estimate of drug-likeness (QED) is 0.739. The lowest BCUT2D eigenvalue weighted by Gasteiger charge is -2.21. The summed E-state index contributed by atoms with van der Waals surface area (Å²) in [7, 11) is 0. The van der Waals surface area contributed by atoms with Gasteiger partial charge in [-0.05, 0) is 51.0 Å². The van der Waals surface area contributed by atoms with Gasteiger partial charge in [-0.25, -0.2) is 14.0 Å². The maximum atomic E-state index is 13.4. The molecule has 0 saturated carbocycles. The molecule has 1 aromatic heterocycles. The molecule has 0 spiro atoms. The number of halogens is 1. The molecule has 0 radical (unpaired) electrons. The summed E-state index contributed by atoms with van der Waals surface area (Å²) in [6.07, 6.45) is 0. The third-order valence-electron chi connectivity index (χ3n) is 4.02. The topological polar surface area (TPSA) is 58.6 Å². The number of ether oxygens (including phenoxy) is 1. The van der Waals surface area contributed by atoms with E-state index in [4.69, 9.17) is 4.74 Å². The maximum Gasteiger partial charge on any atom is 0.341 e. The molecule has 0 saturated heterocycles. The van der Waals surface area contributed by atoms with E-state index in [0.717, 1.165) is 10.4 Å². The van der Waals surface area contributed by atoms with Gasteiger partial charge in [0.25, 0.3) is 0 Å². The largest absolute Gasteiger partial charge is 0.462 e. The van der Waals surface area contributed by atoms with E-state index >= 15 is 0 Å². The van der Waals surface area contributed by atoms with E-state index in [9.17, 15) is 14.0 Å².